The van der Waals surface area contributed by atoms with Crippen LogP contribution in [0, 0.1) is 11.8 Å². The first kappa shape index (κ1) is 20.0. The third kappa shape index (κ3) is 6.49. The molecule has 1 unspecified atom stereocenters. The lowest BCUT2D eigenvalue weighted by molar-refractivity contribution is -0.127. The third-order valence-corrected chi connectivity index (χ3v) is 5.59. The van der Waals surface area contributed by atoms with Crippen molar-refractivity contribution >= 4 is 11.9 Å². The molecule has 2 N–H and O–H groups in total. The number of rotatable bonds is 8. The van der Waals surface area contributed by atoms with E-state index in [2.05, 4.69) is 36.3 Å². The Bertz CT molecular complexity index is 433. The first-order valence-electron chi connectivity index (χ1n) is 10.0. The molecule has 0 radical (unpaired) electrons. The molecule has 0 aromatic carbocycles. The van der Waals surface area contributed by atoms with Crippen LogP contribution in [-0.4, -0.2) is 67.0 Å². The number of piperidine rings is 1. The van der Waals surface area contributed by atoms with Crippen molar-refractivity contribution in [3.63, 3.8) is 0 Å². The van der Waals surface area contributed by atoms with Gasteiger partial charge in [-0.05, 0) is 50.6 Å². The average molecular weight is 353 g/mol. The summed E-state index contributed by atoms with van der Waals surface area (Å²) < 4.78 is 0. The van der Waals surface area contributed by atoms with Crippen LogP contribution >= 0.6 is 0 Å². The van der Waals surface area contributed by atoms with Gasteiger partial charge in [0.2, 0.25) is 5.91 Å². The highest BCUT2D eigenvalue weighted by atomic mass is 16.2. The number of hydrogen-bond donors (Lipinski definition) is 2. The first-order valence-corrected chi connectivity index (χ1v) is 10.0. The molecule has 0 bridgehead atoms. The number of likely N-dealkylation sites (tertiary alicyclic amines) is 2. The van der Waals surface area contributed by atoms with Gasteiger partial charge in [-0.1, -0.05) is 20.8 Å². The molecule has 1 atom stereocenters. The zero-order valence-corrected chi connectivity index (χ0v) is 16.2. The van der Waals surface area contributed by atoms with Crippen LogP contribution < -0.4 is 10.6 Å². The molecular formula is C19H36N4O2. The maximum Gasteiger partial charge on any atom is 0.314 e. The summed E-state index contributed by atoms with van der Waals surface area (Å²) in [5.41, 5.74) is 0. The van der Waals surface area contributed by atoms with Gasteiger partial charge in [-0.15, -0.1) is 0 Å². The summed E-state index contributed by atoms with van der Waals surface area (Å²) in [7, 11) is 0. The summed E-state index contributed by atoms with van der Waals surface area (Å²) in [6.45, 7) is 12.0. The van der Waals surface area contributed by atoms with Crippen molar-refractivity contribution in [1.29, 1.82) is 0 Å². The predicted octanol–water partition coefficient (Wildman–Crippen LogP) is 2.05. The van der Waals surface area contributed by atoms with Gasteiger partial charge in [0.25, 0.3) is 0 Å². The Morgan fingerprint density at radius 2 is 1.92 bits per heavy atom. The molecule has 0 aliphatic carbocycles. The van der Waals surface area contributed by atoms with Crippen molar-refractivity contribution in [1.82, 2.24) is 20.4 Å². The molecule has 2 rings (SSSR count). The van der Waals surface area contributed by atoms with Gasteiger partial charge in [-0.3, -0.25) is 9.69 Å². The Labute approximate surface area is 152 Å². The fourth-order valence-electron chi connectivity index (χ4n) is 3.82. The van der Waals surface area contributed by atoms with E-state index in [1.165, 1.54) is 12.8 Å². The Morgan fingerprint density at radius 3 is 2.52 bits per heavy atom. The average Bonchev–Trinajstić information content (AvgIpc) is 2.98. The lowest BCUT2D eigenvalue weighted by atomic mass is 9.94. The van der Waals surface area contributed by atoms with E-state index in [0.717, 1.165) is 44.9 Å². The summed E-state index contributed by atoms with van der Waals surface area (Å²) in [5, 5.41) is 5.96. The predicted molar refractivity (Wildman–Crippen MR) is 100 cm³/mol. The van der Waals surface area contributed by atoms with E-state index in [9.17, 15) is 9.59 Å². The van der Waals surface area contributed by atoms with Crippen molar-refractivity contribution in [2.24, 2.45) is 11.8 Å². The Kier molecular flexibility index (Phi) is 8.00. The van der Waals surface area contributed by atoms with Crippen molar-refractivity contribution in [2.45, 2.75) is 58.9 Å². The molecule has 0 saturated carbocycles. The molecule has 6 heteroatoms. The fourth-order valence-corrected chi connectivity index (χ4v) is 3.82. The van der Waals surface area contributed by atoms with Crippen LogP contribution in [-0.2, 0) is 4.79 Å². The highest BCUT2D eigenvalue weighted by Crippen LogP contribution is 2.21. The van der Waals surface area contributed by atoms with Crippen LogP contribution in [0.1, 0.15) is 52.9 Å². The van der Waals surface area contributed by atoms with Gasteiger partial charge in [0.15, 0.2) is 0 Å². The molecule has 2 aliphatic rings. The second kappa shape index (κ2) is 10.00. The number of nitrogens with one attached hydrogen (secondary N) is 2. The minimum atomic E-state index is -0.0937. The Hall–Kier alpha value is -1.30. The molecule has 6 nitrogen and oxygen atoms in total. The van der Waals surface area contributed by atoms with E-state index in [1.807, 2.05) is 4.90 Å². The molecule has 0 spiro atoms. The van der Waals surface area contributed by atoms with Crippen molar-refractivity contribution < 1.29 is 9.59 Å². The third-order valence-electron chi connectivity index (χ3n) is 5.59. The lowest BCUT2D eigenvalue weighted by Crippen LogP contribution is -2.51. The molecular weight excluding hydrogens is 316 g/mol. The van der Waals surface area contributed by atoms with Crippen LogP contribution in [0.5, 0.6) is 0 Å². The van der Waals surface area contributed by atoms with Crippen LogP contribution in [0.15, 0.2) is 0 Å². The Balaban J connectivity index is 1.62. The first-order chi connectivity index (χ1) is 12.0. The van der Waals surface area contributed by atoms with Crippen molar-refractivity contribution in [3.05, 3.63) is 0 Å². The van der Waals surface area contributed by atoms with Gasteiger partial charge in [0, 0.05) is 38.6 Å². The number of carbonyl (C=O) groups excluding carboxylic acids is 2. The Morgan fingerprint density at radius 1 is 1.20 bits per heavy atom. The van der Waals surface area contributed by atoms with E-state index in [1.54, 1.807) is 0 Å². The normalized spacial score (nSPS) is 21.0. The highest BCUT2D eigenvalue weighted by molar-refractivity contribution is 5.78. The van der Waals surface area contributed by atoms with E-state index in [0.29, 0.717) is 31.5 Å². The maximum atomic E-state index is 12.0. The van der Waals surface area contributed by atoms with E-state index >= 15 is 0 Å². The molecule has 2 heterocycles. The topological polar surface area (TPSA) is 64.7 Å². The smallest absolute Gasteiger partial charge is 0.314 e. The van der Waals surface area contributed by atoms with E-state index in [4.69, 9.17) is 0 Å². The summed E-state index contributed by atoms with van der Waals surface area (Å²) in [6, 6.07) is 0.309. The number of carbonyl (C=O) groups is 2. The quantitative estimate of drug-likeness (QED) is 0.657. The molecule has 144 valence electrons. The summed E-state index contributed by atoms with van der Waals surface area (Å²) in [4.78, 5) is 28.0. The molecule has 3 amide bonds. The second-order valence-electron chi connectivity index (χ2n) is 8.00. The number of hydrogen-bond acceptors (Lipinski definition) is 3. The highest BCUT2D eigenvalue weighted by Gasteiger charge is 2.26. The van der Waals surface area contributed by atoms with Gasteiger partial charge in [0.1, 0.15) is 0 Å². The van der Waals surface area contributed by atoms with Crippen LogP contribution in [0.4, 0.5) is 4.79 Å². The summed E-state index contributed by atoms with van der Waals surface area (Å²) in [5.74, 6) is 1.60. The van der Waals surface area contributed by atoms with Gasteiger partial charge in [0.05, 0.1) is 0 Å². The van der Waals surface area contributed by atoms with E-state index < -0.39 is 0 Å². The number of amides is 3. The zero-order chi connectivity index (χ0) is 18.2. The van der Waals surface area contributed by atoms with Gasteiger partial charge in [-0.25, -0.2) is 4.79 Å². The number of urea groups is 1. The summed E-state index contributed by atoms with van der Waals surface area (Å²) in [6.07, 6.45) is 4.98. The molecule has 25 heavy (non-hydrogen) atoms. The SMILES string of the molecule is CC1CCN(C(CNC(=O)NCCCN2CCCC2=O)C(C)C)CC1. The molecule has 0 aromatic rings. The lowest BCUT2D eigenvalue weighted by Gasteiger charge is -2.38. The zero-order valence-electron chi connectivity index (χ0n) is 16.2. The monoisotopic (exact) mass is 352 g/mol. The molecule has 2 fully saturated rings. The standard InChI is InChI=1S/C19H36N4O2/c1-15(2)17(22-12-7-16(3)8-13-22)14-21-19(25)20-9-5-11-23-10-4-6-18(23)24/h15-17H,4-14H2,1-3H3,(H2,20,21,25). The summed E-state index contributed by atoms with van der Waals surface area (Å²) >= 11 is 0. The van der Waals surface area contributed by atoms with Gasteiger partial charge >= 0.3 is 6.03 Å². The van der Waals surface area contributed by atoms with Crippen LogP contribution in [0.2, 0.25) is 0 Å². The second-order valence-corrected chi connectivity index (χ2v) is 8.00. The maximum absolute atomic E-state index is 12.0. The van der Waals surface area contributed by atoms with Crippen molar-refractivity contribution in [2.75, 3.05) is 39.3 Å². The van der Waals surface area contributed by atoms with Crippen LogP contribution in [0.3, 0.4) is 0 Å². The van der Waals surface area contributed by atoms with E-state index in [-0.39, 0.29) is 11.9 Å². The fraction of sp³-hybridized carbons (Fsp3) is 0.895. The molecule has 0 aromatic heterocycles. The molecule has 2 saturated heterocycles. The number of nitrogens with zero attached hydrogens (tertiary/aromatic N) is 2. The molecule has 2 aliphatic heterocycles. The van der Waals surface area contributed by atoms with Crippen LogP contribution in [0.25, 0.3) is 0 Å². The minimum Gasteiger partial charge on any atom is -0.343 e. The minimum absolute atomic E-state index is 0.0937. The van der Waals surface area contributed by atoms with Gasteiger partial charge < -0.3 is 15.5 Å². The largest absolute Gasteiger partial charge is 0.343 e. The van der Waals surface area contributed by atoms with Gasteiger partial charge in [-0.2, -0.15) is 0 Å². The van der Waals surface area contributed by atoms with Crippen molar-refractivity contribution in [3.8, 4) is 0 Å².